The van der Waals surface area contributed by atoms with Gasteiger partial charge in [-0.25, -0.2) is 14.8 Å². The van der Waals surface area contributed by atoms with E-state index in [4.69, 9.17) is 39.4 Å². The number of aryl methyl sites for hydroxylation is 1. The number of benzene rings is 4. The number of pyridine rings is 1. The lowest BCUT2D eigenvalue weighted by molar-refractivity contribution is 0.102. The standard InChI is InChI=1S/C29H31N7O.C12H19N2O2.C9H7Cl2N5/c1-21-5-10-25(18-27(21)34-29-31-13-11-26(33-29)24-4-3-12-30-19-24)32-28(37)23-8-6-22(7-9-23)20-36-16-14-35(2)15-17-36;1-13(2)12(15)16-11-8-6-7-10(9-11)14(3,4)5;10-5-3-1-2-4(6(5)11)7-8(12)14-9(13)16-15-7/h3-13,18-19H,14-17,20H2,1-2H3,(H,32,37)(H,31,33,34);6-9H,1-5H3;1-3H,(H4,12,13,14,16)/q;+1;. The van der Waals surface area contributed by atoms with Crippen molar-refractivity contribution in [1.82, 2.24) is 49.3 Å². The molecule has 6 N–H and O–H groups in total. The smallest absolute Gasteiger partial charge is 0.410 e. The van der Waals surface area contributed by atoms with Crippen molar-refractivity contribution in [2.45, 2.75) is 13.5 Å². The van der Waals surface area contributed by atoms with Crippen LogP contribution in [0.1, 0.15) is 21.5 Å². The first-order chi connectivity index (χ1) is 32.9. The third kappa shape index (κ3) is 14.9. The molecule has 0 atom stereocenters. The van der Waals surface area contributed by atoms with Crippen LogP contribution in [0.4, 0.5) is 39.6 Å². The van der Waals surface area contributed by atoms with Gasteiger partial charge in [0.25, 0.3) is 5.91 Å². The van der Waals surface area contributed by atoms with Gasteiger partial charge in [-0.15, -0.1) is 10.2 Å². The molecule has 4 aromatic carbocycles. The molecule has 358 valence electrons. The Morgan fingerprint density at radius 2 is 1.58 bits per heavy atom. The first-order valence-electron chi connectivity index (χ1n) is 21.9. The number of likely N-dealkylation sites (N-methyl/N-ethyl adjacent to an activating group) is 1. The number of aromatic nitrogens is 6. The van der Waals surface area contributed by atoms with Crippen molar-refractivity contribution in [2.24, 2.45) is 0 Å². The Balaban J connectivity index is 0.000000201. The number of nitrogens with one attached hydrogen (secondary N) is 2. The van der Waals surface area contributed by atoms with E-state index in [1.54, 1.807) is 57.0 Å². The average molecular weight is 973 g/mol. The highest BCUT2D eigenvalue weighted by Crippen LogP contribution is 2.34. The molecule has 19 heteroatoms. The minimum absolute atomic E-state index is 0.0133. The molecule has 3 aromatic heterocycles. The van der Waals surface area contributed by atoms with Gasteiger partial charge in [0.05, 0.1) is 36.9 Å². The lowest BCUT2D eigenvalue weighted by Crippen LogP contribution is -2.43. The van der Waals surface area contributed by atoms with Crippen LogP contribution in [0.25, 0.3) is 22.5 Å². The summed E-state index contributed by atoms with van der Waals surface area (Å²) in [7, 11) is 11.7. The number of rotatable bonds is 10. The second kappa shape index (κ2) is 23.6. The number of piperazine rings is 1. The van der Waals surface area contributed by atoms with Crippen molar-refractivity contribution in [2.75, 3.05) is 90.6 Å². The molecule has 1 aliphatic rings. The molecule has 1 fully saturated rings. The molecule has 4 heterocycles. The van der Waals surface area contributed by atoms with E-state index in [9.17, 15) is 9.59 Å². The maximum atomic E-state index is 12.9. The number of anilines is 5. The number of hydrogen-bond donors (Lipinski definition) is 4. The third-order valence-corrected chi connectivity index (χ3v) is 11.5. The van der Waals surface area contributed by atoms with Crippen molar-refractivity contribution in [1.29, 1.82) is 0 Å². The first-order valence-corrected chi connectivity index (χ1v) is 22.6. The second-order valence-corrected chi connectivity index (χ2v) is 18.0. The van der Waals surface area contributed by atoms with Crippen LogP contribution < -0.4 is 31.3 Å². The van der Waals surface area contributed by atoms with Gasteiger partial charge in [-0.3, -0.25) is 19.2 Å². The fourth-order valence-corrected chi connectivity index (χ4v) is 7.05. The lowest BCUT2D eigenvalue weighted by atomic mass is 10.1. The van der Waals surface area contributed by atoms with Gasteiger partial charge in [-0.1, -0.05) is 59.6 Å². The minimum atomic E-state index is -0.362. The van der Waals surface area contributed by atoms with E-state index in [-0.39, 0.29) is 23.8 Å². The van der Waals surface area contributed by atoms with E-state index >= 15 is 0 Å². The normalized spacial score (nSPS) is 12.7. The molecule has 17 nitrogen and oxygen atoms in total. The number of ether oxygens (including phenoxy) is 1. The number of quaternary nitrogens is 1. The van der Waals surface area contributed by atoms with Gasteiger partial charge in [0.15, 0.2) is 5.82 Å². The van der Waals surface area contributed by atoms with Gasteiger partial charge in [-0.2, -0.15) is 4.98 Å². The average Bonchev–Trinajstić information content (AvgIpc) is 3.33. The molecular weight excluding hydrogens is 916 g/mol. The molecule has 0 aliphatic carbocycles. The number of amides is 2. The predicted molar refractivity (Wildman–Crippen MR) is 277 cm³/mol. The van der Waals surface area contributed by atoms with E-state index in [1.165, 1.54) is 10.5 Å². The van der Waals surface area contributed by atoms with Gasteiger partial charge in [0.2, 0.25) is 11.9 Å². The lowest BCUT2D eigenvalue weighted by Gasteiger charge is -2.32. The number of nitrogens with zero attached hydrogens (tertiary/aromatic N) is 10. The topological polar surface area (TPSA) is 207 Å². The minimum Gasteiger partial charge on any atom is -0.410 e. The maximum Gasteiger partial charge on any atom is 0.414 e. The molecule has 0 saturated carbocycles. The predicted octanol–water partition coefficient (Wildman–Crippen LogP) is 8.54. The van der Waals surface area contributed by atoms with E-state index in [0.29, 0.717) is 48.7 Å². The van der Waals surface area contributed by atoms with Gasteiger partial charge < -0.3 is 36.6 Å². The molecule has 0 unspecified atom stereocenters. The highest BCUT2D eigenvalue weighted by atomic mass is 35.5. The molecular formula is C50H57Cl2N14O3+. The zero-order valence-corrected chi connectivity index (χ0v) is 41.2. The Labute approximate surface area is 412 Å². The molecule has 7 aromatic rings. The summed E-state index contributed by atoms with van der Waals surface area (Å²) in [5, 5.41) is 14.5. The summed E-state index contributed by atoms with van der Waals surface area (Å²) in [5.74, 6) is 1.08. The van der Waals surface area contributed by atoms with Crippen LogP contribution in [0, 0.1) is 6.92 Å². The van der Waals surface area contributed by atoms with Gasteiger partial charge >= 0.3 is 6.09 Å². The summed E-state index contributed by atoms with van der Waals surface area (Å²) in [6.07, 6.45) is 4.85. The SMILES string of the molecule is CN(C)C(=O)Oc1cccc([N+](C)(C)C)c1.Cc1ccc(NC(=O)c2ccc(CN3CCN(C)CC3)cc2)cc1Nc1nccc(-c2cccnc2)n1.Nc1nnc(-c2cccc(Cl)c2Cl)c(N)n1. The number of halogens is 2. The number of carbonyl (C=O) groups excluding carboxylic acids is 2. The molecule has 1 aliphatic heterocycles. The Kier molecular flexibility index (Phi) is 17.5. The van der Waals surface area contributed by atoms with Crippen molar-refractivity contribution in [3.8, 4) is 28.3 Å². The molecule has 0 spiro atoms. The molecule has 0 radical (unpaired) electrons. The highest BCUT2D eigenvalue weighted by molar-refractivity contribution is 6.43. The van der Waals surface area contributed by atoms with Crippen molar-refractivity contribution < 1.29 is 14.3 Å². The largest absolute Gasteiger partial charge is 0.414 e. The Morgan fingerprint density at radius 3 is 2.26 bits per heavy atom. The number of carbonyl (C=O) groups is 2. The summed E-state index contributed by atoms with van der Waals surface area (Å²) in [6.45, 7) is 7.24. The Bertz CT molecular complexity index is 2840. The molecule has 2 amide bonds. The molecule has 8 rings (SSSR count). The number of nitrogen functional groups attached to an aromatic ring is 2. The van der Waals surface area contributed by atoms with Crippen LogP contribution in [0.2, 0.25) is 10.0 Å². The first kappa shape index (κ1) is 51.1. The summed E-state index contributed by atoms with van der Waals surface area (Å²) in [6, 6.07) is 32.0. The number of nitrogens with two attached hydrogens (primary N) is 2. The summed E-state index contributed by atoms with van der Waals surface area (Å²) < 4.78 is 5.88. The monoisotopic (exact) mass is 971 g/mol. The quantitative estimate of drug-likeness (QED) is 0.0949. The summed E-state index contributed by atoms with van der Waals surface area (Å²) in [4.78, 5) is 47.4. The van der Waals surface area contributed by atoms with Crippen LogP contribution in [0.5, 0.6) is 5.75 Å². The number of hydrogen-bond acceptors (Lipinski definition) is 14. The van der Waals surface area contributed by atoms with Crippen LogP contribution in [0.3, 0.4) is 0 Å². The van der Waals surface area contributed by atoms with Gasteiger partial charge in [0.1, 0.15) is 17.1 Å². The van der Waals surface area contributed by atoms with Crippen molar-refractivity contribution in [3.05, 3.63) is 148 Å². The summed E-state index contributed by atoms with van der Waals surface area (Å²) in [5.41, 5.74) is 19.1. The zero-order chi connectivity index (χ0) is 49.7. The van der Waals surface area contributed by atoms with Crippen LogP contribution >= 0.6 is 23.2 Å². The second-order valence-electron chi connectivity index (χ2n) is 17.2. The molecule has 69 heavy (non-hydrogen) atoms. The highest BCUT2D eigenvalue weighted by Gasteiger charge is 2.17. The fraction of sp³-hybridized carbons (Fsp3) is 0.240. The van der Waals surface area contributed by atoms with Crippen molar-refractivity contribution in [3.63, 3.8) is 0 Å². The van der Waals surface area contributed by atoms with Crippen LogP contribution in [-0.2, 0) is 6.54 Å². The van der Waals surface area contributed by atoms with E-state index in [1.807, 2.05) is 85.8 Å². The Hall–Kier alpha value is -7.28. The summed E-state index contributed by atoms with van der Waals surface area (Å²) >= 11 is 11.9. The van der Waals surface area contributed by atoms with E-state index in [2.05, 4.69) is 78.8 Å². The zero-order valence-electron chi connectivity index (χ0n) is 39.7. The maximum absolute atomic E-state index is 12.9. The molecule has 1 saturated heterocycles. The fourth-order valence-electron chi connectivity index (χ4n) is 6.66. The van der Waals surface area contributed by atoms with Crippen LogP contribution in [-0.4, -0.2) is 125 Å². The third-order valence-electron chi connectivity index (χ3n) is 10.7. The Morgan fingerprint density at radius 1 is 0.841 bits per heavy atom. The van der Waals surface area contributed by atoms with E-state index in [0.717, 1.165) is 60.9 Å². The van der Waals surface area contributed by atoms with E-state index < -0.39 is 0 Å². The molecule has 0 bridgehead atoms. The van der Waals surface area contributed by atoms with Gasteiger partial charge in [-0.05, 0) is 85.8 Å². The van der Waals surface area contributed by atoms with Crippen LogP contribution in [0.15, 0.2) is 122 Å². The van der Waals surface area contributed by atoms with Gasteiger partial charge in [0, 0.05) is 99.5 Å². The van der Waals surface area contributed by atoms with Crippen molar-refractivity contribution >= 4 is 70.0 Å².